The van der Waals surface area contributed by atoms with Crippen molar-refractivity contribution in [2.75, 3.05) is 6.54 Å². The Hall–Kier alpha value is -2.99. The smallest absolute Gasteiger partial charge is 0.228 e. The number of carbonyl (C=O) groups excluding carboxylic acids is 2. The van der Waals surface area contributed by atoms with E-state index in [-0.39, 0.29) is 23.8 Å². The zero-order valence-corrected chi connectivity index (χ0v) is 17.6. The third-order valence-electron chi connectivity index (χ3n) is 5.55. The minimum Gasteiger partial charge on any atom is -0.352 e. The van der Waals surface area contributed by atoms with Gasteiger partial charge >= 0.3 is 0 Å². The summed E-state index contributed by atoms with van der Waals surface area (Å²) in [5.74, 6) is -0.121. The van der Waals surface area contributed by atoms with Gasteiger partial charge in [0.1, 0.15) is 0 Å². The highest BCUT2D eigenvalue weighted by atomic mass is 32.1. The van der Waals surface area contributed by atoms with Crippen molar-refractivity contribution >= 4 is 23.2 Å². The Morgan fingerprint density at radius 1 is 1.07 bits per heavy atom. The molecule has 3 heterocycles. The van der Waals surface area contributed by atoms with Crippen molar-refractivity contribution in [2.24, 2.45) is 5.92 Å². The monoisotopic (exact) mass is 419 g/mol. The van der Waals surface area contributed by atoms with E-state index in [4.69, 9.17) is 0 Å². The molecule has 2 atom stereocenters. The number of thiophene rings is 1. The van der Waals surface area contributed by atoms with Gasteiger partial charge in [-0.05, 0) is 41.5 Å². The number of amides is 2. The zero-order chi connectivity index (χ0) is 20.8. The van der Waals surface area contributed by atoms with Crippen LogP contribution in [0, 0.1) is 5.92 Å². The van der Waals surface area contributed by atoms with Crippen molar-refractivity contribution in [3.05, 3.63) is 88.4 Å². The molecule has 1 fully saturated rings. The van der Waals surface area contributed by atoms with E-state index in [2.05, 4.69) is 22.4 Å². The van der Waals surface area contributed by atoms with Crippen LogP contribution in [-0.2, 0) is 22.6 Å². The van der Waals surface area contributed by atoms with Gasteiger partial charge in [0, 0.05) is 30.4 Å². The molecule has 3 aromatic rings. The van der Waals surface area contributed by atoms with Crippen LogP contribution in [0.1, 0.15) is 34.9 Å². The van der Waals surface area contributed by atoms with Gasteiger partial charge in [-0.15, -0.1) is 11.3 Å². The van der Waals surface area contributed by atoms with E-state index in [1.807, 2.05) is 52.7 Å². The Kier molecular flexibility index (Phi) is 6.54. The number of piperidine rings is 1. The molecular formula is C24H25N3O2S. The van der Waals surface area contributed by atoms with Gasteiger partial charge in [0.05, 0.1) is 18.4 Å². The maximum Gasteiger partial charge on any atom is 0.228 e. The van der Waals surface area contributed by atoms with E-state index in [9.17, 15) is 9.59 Å². The molecule has 1 aromatic carbocycles. The lowest BCUT2D eigenvalue weighted by Gasteiger charge is -2.39. The summed E-state index contributed by atoms with van der Waals surface area (Å²) in [5, 5.41) is 5.00. The van der Waals surface area contributed by atoms with Gasteiger partial charge in [-0.3, -0.25) is 14.6 Å². The Bertz CT molecular complexity index is 961. The molecule has 1 aliphatic heterocycles. The second-order valence-electron chi connectivity index (χ2n) is 7.58. The summed E-state index contributed by atoms with van der Waals surface area (Å²) in [4.78, 5) is 33.1. The summed E-state index contributed by atoms with van der Waals surface area (Å²) in [6.45, 7) is 0.900. The third kappa shape index (κ3) is 4.94. The zero-order valence-electron chi connectivity index (χ0n) is 16.7. The lowest BCUT2D eigenvalue weighted by Crippen LogP contribution is -2.47. The van der Waals surface area contributed by atoms with E-state index in [0.717, 1.165) is 28.8 Å². The third-order valence-corrected chi connectivity index (χ3v) is 6.43. The Labute approximate surface area is 180 Å². The summed E-state index contributed by atoms with van der Waals surface area (Å²) < 4.78 is 0. The highest BCUT2D eigenvalue weighted by molar-refractivity contribution is 7.10. The quantitative estimate of drug-likeness (QED) is 0.657. The fourth-order valence-corrected chi connectivity index (χ4v) is 4.68. The van der Waals surface area contributed by atoms with Gasteiger partial charge in [-0.25, -0.2) is 0 Å². The number of aromatic nitrogens is 1. The minimum atomic E-state index is -0.200. The van der Waals surface area contributed by atoms with Gasteiger partial charge in [0.15, 0.2) is 0 Å². The summed E-state index contributed by atoms with van der Waals surface area (Å²) in [6, 6.07) is 17.9. The van der Waals surface area contributed by atoms with Crippen molar-refractivity contribution in [1.29, 1.82) is 0 Å². The SMILES string of the molecule is O=C(NCc1cccnc1)[C@H]1CC[C@H](c2ccccc2)N(C(=O)Cc2cccs2)C1. The van der Waals surface area contributed by atoms with Gasteiger partial charge in [0.25, 0.3) is 0 Å². The fourth-order valence-electron chi connectivity index (χ4n) is 3.98. The first-order valence-corrected chi connectivity index (χ1v) is 11.1. The molecule has 4 rings (SSSR count). The number of carbonyl (C=O) groups is 2. The van der Waals surface area contributed by atoms with Gasteiger partial charge in [-0.1, -0.05) is 42.5 Å². The van der Waals surface area contributed by atoms with Crippen molar-refractivity contribution in [1.82, 2.24) is 15.2 Å². The van der Waals surface area contributed by atoms with E-state index in [1.54, 1.807) is 23.7 Å². The van der Waals surface area contributed by atoms with Crippen molar-refractivity contribution in [3.8, 4) is 0 Å². The fraction of sp³-hybridized carbons (Fsp3) is 0.292. The number of nitrogens with zero attached hydrogens (tertiary/aromatic N) is 2. The van der Waals surface area contributed by atoms with Crippen LogP contribution in [-0.4, -0.2) is 28.2 Å². The molecule has 154 valence electrons. The Morgan fingerprint density at radius 3 is 2.67 bits per heavy atom. The van der Waals surface area contributed by atoms with Crippen molar-refractivity contribution in [3.63, 3.8) is 0 Å². The first kappa shape index (κ1) is 20.3. The molecule has 6 heteroatoms. The average molecular weight is 420 g/mol. The molecule has 1 N–H and O–H groups in total. The lowest BCUT2D eigenvalue weighted by atomic mass is 9.88. The highest BCUT2D eigenvalue weighted by Gasteiger charge is 2.35. The van der Waals surface area contributed by atoms with Crippen LogP contribution in [0.2, 0.25) is 0 Å². The predicted molar refractivity (Wildman–Crippen MR) is 118 cm³/mol. The van der Waals surface area contributed by atoms with Crippen LogP contribution < -0.4 is 5.32 Å². The lowest BCUT2D eigenvalue weighted by molar-refractivity contribution is -0.138. The summed E-state index contributed by atoms with van der Waals surface area (Å²) >= 11 is 1.59. The number of nitrogens with one attached hydrogen (secondary N) is 1. The van der Waals surface area contributed by atoms with E-state index in [1.165, 1.54) is 0 Å². The first-order valence-electron chi connectivity index (χ1n) is 10.2. The number of rotatable bonds is 6. The number of hydrogen-bond donors (Lipinski definition) is 1. The van der Waals surface area contributed by atoms with Gasteiger partial charge in [-0.2, -0.15) is 0 Å². The molecule has 0 unspecified atom stereocenters. The second-order valence-corrected chi connectivity index (χ2v) is 8.61. The molecule has 1 aliphatic rings. The van der Waals surface area contributed by atoms with Crippen molar-refractivity contribution < 1.29 is 9.59 Å². The molecule has 0 saturated carbocycles. The molecule has 5 nitrogen and oxygen atoms in total. The summed E-state index contributed by atoms with van der Waals surface area (Å²) in [6.07, 6.45) is 5.40. The highest BCUT2D eigenvalue weighted by Crippen LogP contribution is 2.34. The summed E-state index contributed by atoms with van der Waals surface area (Å²) in [7, 11) is 0. The largest absolute Gasteiger partial charge is 0.352 e. The van der Waals surface area contributed by atoms with Gasteiger partial charge < -0.3 is 10.2 Å². The number of pyridine rings is 1. The molecule has 0 bridgehead atoms. The van der Waals surface area contributed by atoms with Crippen LogP contribution in [0.4, 0.5) is 0 Å². The molecule has 0 aliphatic carbocycles. The average Bonchev–Trinajstić information content (AvgIpc) is 3.31. The van der Waals surface area contributed by atoms with Gasteiger partial charge in [0.2, 0.25) is 11.8 Å². The Balaban J connectivity index is 1.46. The molecule has 2 amide bonds. The van der Waals surface area contributed by atoms with Crippen LogP contribution in [0.5, 0.6) is 0 Å². The number of hydrogen-bond acceptors (Lipinski definition) is 4. The maximum atomic E-state index is 13.2. The predicted octanol–water partition coefficient (Wildman–Crippen LogP) is 3.98. The standard InChI is InChI=1S/C24H25N3O2S/c28-23(14-21-9-5-13-30-21)27-17-20(10-11-22(27)19-7-2-1-3-8-19)24(29)26-16-18-6-4-12-25-15-18/h1-9,12-13,15,20,22H,10-11,14,16-17H2,(H,26,29)/t20-,22+/m0/s1. The molecule has 0 radical (unpaired) electrons. The summed E-state index contributed by atoms with van der Waals surface area (Å²) in [5.41, 5.74) is 2.10. The maximum absolute atomic E-state index is 13.2. The minimum absolute atomic E-state index is 0.000659. The van der Waals surface area contributed by atoms with Crippen LogP contribution in [0.15, 0.2) is 72.4 Å². The molecule has 0 spiro atoms. The molecular weight excluding hydrogens is 394 g/mol. The van der Waals surface area contributed by atoms with E-state index in [0.29, 0.717) is 19.5 Å². The van der Waals surface area contributed by atoms with Crippen LogP contribution >= 0.6 is 11.3 Å². The molecule has 1 saturated heterocycles. The first-order chi connectivity index (χ1) is 14.7. The molecule has 2 aromatic heterocycles. The molecule has 30 heavy (non-hydrogen) atoms. The Morgan fingerprint density at radius 2 is 1.93 bits per heavy atom. The van der Waals surface area contributed by atoms with Crippen molar-refractivity contribution in [2.45, 2.75) is 31.8 Å². The number of likely N-dealkylation sites (tertiary alicyclic amines) is 1. The normalized spacial score (nSPS) is 18.7. The topological polar surface area (TPSA) is 62.3 Å². The van der Waals surface area contributed by atoms with Crippen LogP contribution in [0.25, 0.3) is 0 Å². The second kappa shape index (κ2) is 9.67. The van der Waals surface area contributed by atoms with E-state index >= 15 is 0 Å². The number of benzene rings is 1. The van der Waals surface area contributed by atoms with E-state index < -0.39 is 0 Å². The van der Waals surface area contributed by atoms with Crippen LogP contribution in [0.3, 0.4) is 0 Å².